The van der Waals surface area contributed by atoms with Crippen LogP contribution >= 0.6 is 0 Å². The van der Waals surface area contributed by atoms with Gasteiger partial charge in [0.1, 0.15) is 0 Å². The molecule has 1 rings (SSSR count). The monoisotopic (exact) mass is 114 g/mol. The molecule has 1 aliphatic rings. The zero-order valence-electron chi connectivity index (χ0n) is 5.41. The molecule has 0 amide bonds. The molecule has 0 bridgehead atoms. The fraction of sp³-hybridized carbons (Fsp3) is 1.00. The molecule has 0 aromatic heterocycles. The van der Waals surface area contributed by atoms with Crippen molar-refractivity contribution in [3.63, 3.8) is 0 Å². The van der Waals surface area contributed by atoms with Gasteiger partial charge in [-0.2, -0.15) is 0 Å². The van der Waals surface area contributed by atoms with Crippen LogP contribution in [-0.4, -0.2) is 26.7 Å². The second-order valence-corrected chi connectivity index (χ2v) is 2.42. The quantitative estimate of drug-likeness (QED) is 0.520. The zero-order valence-corrected chi connectivity index (χ0v) is 5.41. The van der Waals surface area contributed by atoms with Crippen LogP contribution in [0.4, 0.5) is 0 Å². The van der Waals surface area contributed by atoms with Gasteiger partial charge in [-0.15, -0.1) is 0 Å². The van der Waals surface area contributed by atoms with Crippen molar-refractivity contribution >= 4 is 0 Å². The SMILES string of the molecule is CNC[C@@H]1CCNC1. The second-order valence-electron chi connectivity index (χ2n) is 2.42. The predicted octanol–water partition coefficient (Wildman–Crippen LogP) is -0.185. The molecule has 48 valence electrons. The van der Waals surface area contributed by atoms with E-state index in [0.717, 1.165) is 5.92 Å². The first-order chi connectivity index (χ1) is 3.93. The summed E-state index contributed by atoms with van der Waals surface area (Å²) in [5.74, 6) is 0.889. The van der Waals surface area contributed by atoms with Crippen molar-refractivity contribution in [2.24, 2.45) is 5.92 Å². The van der Waals surface area contributed by atoms with E-state index in [0.29, 0.717) is 0 Å². The summed E-state index contributed by atoms with van der Waals surface area (Å²) in [5.41, 5.74) is 0. The largest absolute Gasteiger partial charge is 0.319 e. The van der Waals surface area contributed by atoms with Crippen molar-refractivity contribution in [2.75, 3.05) is 26.7 Å². The summed E-state index contributed by atoms with van der Waals surface area (Å²) in [6.45, 7) is 3.60. The van der Waals surface area contributed by atoms with E-state index in [9.17, 15) is 0 Å². The maximum absolute atomic E-state index is 3.32. The first-order valence-corrected chi connectivity index (χ1v) is 3.29. The Morgan fingerprint density at radius 3 is 3.12 bits per heavy atom. The smallest absolute Gasteiger partial charge is 0.000790 e. The van der Waals surface area contributed by atoms with Crippen LogP contribution in [0.3, 0.4) is 0 Å². The van der Waals surface area contributed by atoms with Crippen LogP contribution in [0.25, 0.3) is 0 Å². The molecule has 0 aliphatic carbocycles. The van der Waals surface area contributed by atoms with Gasteiger partial charge < -0.3 is 10.6 Å². The third-order valence-electron chi connectivity index (χ3n) is 1.66. The first-order valence-electron chi connectivity index (χ1n) is 3.29. The fourth-order valence-corrected chi connectivity index (χ4v) is 1.18. The Morgan fingerprint density at radius 2 is 2.62 bits per heavy atom. The normalized spacial score (nSPS) is 28.9. The Balaban J connectivity index is 2.06. The van der Waals surface area contributed by atoms with Gasteiger partial charge in [-0.3, -0.25) is 0 Å². The standard InChI is InChI=1S/C6H14N2/c1-7-4-6-2-3-8-5-6/h6-8H,2-5H2,1H3/t6-/m0/s1. The van der Waals surface area contributed by atoms with Crippen molar-refractivity contribution in [3.05, 3.63) is 0 Å². The molecule has 1 atom stereocenters. The van der Waals surface area contributed by atoms with Gasteiger partial charge in [-0.1, -0.05) is 0 Å². The minimum Gasteiger partial charge on any atom is -0.319 e. The highest BCUT2D eigenvalue weighted by Gasteiger charge is 2.11. The molecule has 2 N–H and O–H groups in total. The molecule has 1 heterocycles. The van der Waals surface area contributed by atoms with Crippen LogP contribution in [0.5, 0.6) is 0 Å². The Hall–Kier alpha value is -0.0800. The van der Waals surface area contributed by atoms with E-state index in [2.05, 4.69) is 10.6 Å². The molecular weight excluding hydrogens is 100 g/mol. The van der Waals surface area contributed by atoms with E-state index in [4.69, 9.17) is 0 Å². The van der Waals surface area contributed by atoms with Crippen molar-refractivity contribution in [3.8, 4) is 0 Å². The molecule has 1 aliphatic heterocycles. The number of nitrogens with one attached hydrogen (secondary N) is 2. The molecule has 0 aromatic carbocycles. The topological polar surface area (TPSA) is 24.1 Å². The maximum atomic E-state index is 3.32. The van der Waals surface area contributed by atoms with Gasteiger partial charge >= 0.3 is 0 Å². The van der Waals surface area contributed by atoms with Crippen LogP contribution in [0.2, 0.25) is 0 Å². The Bertz CT molecular complexity index is 57.5. The van der Waals surface area contributed by atoms with Crippen LogP contribution in [0.1, 0.15) is 6.42 Å². The van der Waals surface area contributed by atoms with E-state index in [1.165, 1.54) is 26.1 Å². The zero-order chi connectivity index (χ0) is 5.82. The molecule has 1 saturated heterocycles. The average molecular weight is 114 g/mol. The molecule has 2 nitrogen and oxygen atoms in total. The molecule has 0 spiro atoms. The van der Waals surface area contributed by atoms with Crippen LogP contribution in [0, 0.1) is 5.92 Å². The summed E-state index contributed by atoms with van der Waals surface area (Å²) in [4.78, 5) is 0. The summed E-state index contributed by atoms with van der Waals surface area (Å²) < 4.78 is 0. The molecule has 1 fully saturated rings. The summed E-state index contributed by atoms with van der Waals surface area (Å²) in [7, 11) is 2.01. The number of rotatable bonds is 2. The highest BCUT2D eigenvalue weighted by atomic mass is 14.9. The van der Waals surface area contributed by atoms with E-state index in [1.807, 2.05) is 7.05 Å². The lowest BCUT2D eigenvalue weighted by Gasteiger charge is -2.04. The van der Waals surface area contributed by atoms with E-state index >= 15 is 0 Å². The third-order valence-corrected chi connectivity index (χ3v) is 1.66. The summed E-state index contributed by atoms with van der Waals surface area (Å²) in [5, 5.41) is 6.49. The first kappa shape index (κ1) is 6.05. The Morgan fingerprint density at radius 1 is 1.75 bits per heavy atom. The molecule has 0 aromatic rings. The van der Waals surface area contributed by atoms with Crippen LogP contribution < -0.4 is 10.6 Å². The summed E-state index contributed by atoms with van der Waals surface area (Å²) in [6.07, 6.45) is 1.35. The lowest BCUT2D eigenvalue weighted by Crippen LogP contribution is -2.20. The third kappa shape index (κ3) is 1.46. The lowest BCUT2D eigenvalue weighted by atomic mass is 10.1. The van der Waals surface area contributed by atoms with Crippen molar-refractivity contribution in [2.45, 2.75) is 6.42 Å². The molecule has 0 radical (unpaired) electrons. The number of hydrogen-bond acceptors (Lipinski definition) is 2. The van der Waals surface area contributed by atoms with Gasteiger partial charge in [-0.25, -0.2) is 0 Å². The van der Waals surface area contributed by atoms with Gasteiger partial charge in [0.05, 0.1) is 0 Å². The van der Waals surface area contributed by atoms with E-state index in [-0.39, 0.29) is 0 Å². The fourth-order valence-electron chi connectivity index (χ4n) is 1.18. The molecular formula is C6H14N2. The average Bonchev–Trinajstić information content (AvgIpc) is 2.19. The molecule has 0 saturated carbocycles. The lowest BCUT2D eigenvalue weighted by molar-refractivity contribution is 0.544. The van der Waals surface area contributed by atoms with Gasteiger partial charge in [0.15, 0.2) is 0 Å². The Kier molecular flexibility index (Phi) is 2.30. The summed E-state index contributed by atoms with van der Waals surface area (Å²) >= 11 is 0. The molecule has 2 heteroatoms. The van der Waals surface area contributed by atoms with E-state index < -0.39 is 0 Å². The Labute approximate surface area is 50.7 Å². The predicted molar refractivity (Wildman–Crippen MR) is 34.9 cm³/mol. The van der Waals surface area contributed by atoms with Gasteiger partial charge in [-0.05, 0) is 39.0 Å². The van der Waals surface area contributed by atoms with Gasteiger partial charge in [0.25, 0.3) is 0 Å². The van der Waals surface area contributed by atoms with Crippen LogP contribution in [-0.2, 0) is 0 Å². The van der Waals surface area contributed by atoms with Crippen LogP contribution in [0.15, 0.2) is 0 Å². The highest BCUT2D eigenvalue weighted by molar-refractivity contribution is 4.71. The minimum atomic E-state index is 0.889. The van der Waals surface area contributed by atoms with E-state index in [1.54, 1.807) is 0 Å². The van der Waals surface area contributed by atoms with Gasteiger partial charge in [0.2, 0.25) is 0 Å². The minimum absolute atomic E-state index is 0.889. The van der Waals surface area contributed by atoms with Gasteiger partial charge in [0, 0.05) is 0 Å². The molecule has 0 unspecified atom stereocenters. The number of hydrogen-bond donors (Lipinski definition) is 2. The molecule has 8 heavy (non-hydrogen) atoms. The van der Waals surface area contributed by atoms with Crippen molar-refractivity contribution < 1.29 is 0 Å². The van der Waals surface area contributed by atoms with Crippen molar-refractivity contribution in [1.29, 1.82) is 0 Å². The second kappa shape index (κ2) is 3.05. The van der Waals surface area contributed by atoms with Crippen molar-refractivity contribution in [1.82, 2.24) is 10.6 Å². The highest BCUT2D eigenvalue weighted by Crippen LogP contribution is 2.04. The summed E-state index contributed by atoms with van der Waals surface area (Å²) in [6, 6.07) is 0. The maximum Gasteiger partial charge on any atom is -0.000790 e.